The van der Waals surface area contributed by atoms with Gasteiger partial charge in [0.25, 0.3) is 5.91 Å². The number of nitriles is 2. The second-order valence-corrected chi connectivity index (χ2v) is 9.58. The Morgan fingerprint density at radius 2 is 1.49 bits per heavy atom. The van der Waals surface area contributed by atoms with Crippen LogP contribution in [0, 0.1) is 34.3 Å². The van der Waals surface area contributed by atoms with E-state index in [4.69, 9.17) is 0 Å². The van der Waals surface area contributed by atoms with E-state index in [0.29, 0.717) is 69.3 Å². The summed E-state index contributed by atoms with van der Waals surface area (Å²) in [6.45, 7) is 4.43. The molecule has 0 spiro atoms. The molecule has 2 aliphatic heterocycles. The van der Waals surface area contributed by atoms with Crippen molar-refractivity contribution in [1.29, 1.82) is 10.5 Å². The molecular formula is C29H27F2N7O. The van der Waals surface area contributed by atoms with Gasteiger partial charge in [-0.15, -0.1) is 0 Å². The summed E-state index contributed by atoms with van der Waals surface area (Å²) in [6, 6.07) is 17.3. The Hall–Kier alpha value is -4.54. The molecule has 0 N–H and O–H groups in total. The lowest BCUT2D eigenvalue weighted by molar-refractivity contribution is 0.0741. The molecular weight excluding hydrogens is 500 g/mol. The van der Waals surface area contributed by atoms with Gasteiger partial charge in [-0.3, -0.25) is 9.69 Å². The molecule has 0 unspecified atom stereocenters. The van der Waals surface area contributed by atoms with Gasteiger partial charge in [-0.1, -0.05) is 12.1 Å². The van der Waals surface area contributed by atoms with Crippen LogP contribution in [0.2, 0.25) is 0 Å². The quantitative estimate of drug-likeness (QED) is 0.503. The lowest BCUT2D eigenvalue weighted by Crippen LogP contribution is -2.49. The number of hydrogen-bond acceptors (Lipinski definition) is 7. The molecule has 1 aromatic heterocycles. The van der Waals surface area contributed by atoms with Gasteiger partial charge in [0.2, 0.25) is 0 Å². The third kappa shape index (κ3) is 5.52. The first-order valence-electron chi connectivity index (χ1n) is 12.8. The number of pyridine rings is 1. The third-order valence-corrected chi connectivity index (χ3v) is 7.27. The molecule has 2 fully saturated rings. The topological polar surface area (TPSA) is 90.5 Å². The van der Waals surface area contributed by atoms with Crippen LogP contribution in [-0.4, -0.2) is 73.0 Å². The number of para-hydroxylation sites is 1. The van der Waals surface area contributed by atoms with E-state index in [1.54, 1.807) is 29.3 Å². The molecule has 8 nitrogen and oxygen atoms in total. The first-order valence-corrected chi connectivity index (χ1v) is 12.8. The molecule has 0 radical (unpaired) electrons. The van der Waals surface area contributed by atoms with Crippen molar-refractivity contribution in [2.45, 2.75) is 6.54 Å². The lowest BCUT2D eigenvalue weighted by Gasteiger charge is -2.37. The molecule has 3 heterocycles. The van der Waals surface area contributed by atoms with Gasteiger partial charge in [0.15, 0.2) is 0 Å². The number of halogens is 2. The van der Waals surface area contributed by atoms with Gasteiger partial charge in [0.05, 0.1) is 22.4 Å². The number of anilines is 2. The number of hydrogen-bond donors (Lipinski definition) is 0. The van der Waals surface area contributed by atoms with Crippen molar-refractivity contribution in [3.63, 3.8) is 0 Å². The highest BCUT2D eigenvalue weighted by molar-refractivity contribution is 5.95. The van der Waals surface area contributed by atoms with E-state index >= 15 is 0 Å². The average molecular weight is 528 g/mol. The number of rotatable bonds is 5. The van der Waals surface area contributed by atoms with Gasteiger partial charge >= 0.3 is 0 Å². The predicted octanol–water partition coefficient (Wildman–Crippen LogP) is 3.39. The Labute approximate surface area is 225 Å². The number of aromatic nitrogens is 1. The fraction of sp³-hybridized carbons (Fsp3) is 0.310. The van der Waals surface area contributed by atoms with Gasteiger partial charge in [-0.2, -0.15) is 10.5 Å². The summed E-state index contributed by atoms with van der Waals surface area (Å²) in [4.78, 5) is 25.2. The Balaban J connectivity index is 1.23. The first-order chi connectivity index (χ1) is 19.0. The average Bonchev–Trinajstić information content (AvgIpc) is 2.98. The van der Waals surface area contributed by atoms with Crippen LogP contribution in [0.15, 0.2) is 54.7 Å². The summed E-state index contributed by atoms with van der Waals surface area (Å²) in [5.74, 6) is -1.46. The van der Waals surface area contributed by atoms with Crippen LogP contribution in [0.1, 0.15) is 27.0 Å². The smallest absolute Gasteiger partial charge is 0.256 e. The zero-order valence-corrected chi connectivity index (χ0v) is 21.4. The summed E-state index contributed by atoms with van der Waals surface area (Å²) in [5, 5.41) is 18.7. The van der Waals surface area contributed by atoms with Gasteiger partial charge in [0.1, 0.15) is 29.6 Å². The van der Waals surface area contributed by atoms with Crippen molar-refractivity contribution >= 4 is 17.4 Å². The van der Waals surface area contributed by atoms with Crippen molar-refractivity contribution < 1.29 is 13.6 Å². The van der Waals surface area contributed by atoms with Crippen LogP contribution in [0.3, 0.4) is 0 Å². The fourth-order valence-electron chi connectivity index (χ4n) is 5.14. The molecule has 2 saturated heterocycles. The minimum atomic E-state index is -0.877. The van der Waals surface area contributed by atoms with Crippen LogP contribution in [-0.2, 0) is 6.54 Å². The number of nitrogens with zero attached hydrogens (tertiary/aromatic N) is 7. The number of carbonyl (C=O) groups is 1. The summed E-state index contributed by atoms with van der Waals surface area (Å²) in [5.41, 5.74) is 2.09. The van der Waals surface area contributed by atoms with E-state index in [9.17, 15) is 24.1 Å². The van der Waals surface area contributed by atoms with Gasteiger partial charge in [-0.05, 0) is 30.3 Å². The van der Waals surface area contributed by atoms with Crippen LogP contribution in [0.4, 0.5) is 20.3 Å². The highest BCUT2D eigenvalue weighted by atomic mass is 19.1. The van der Waals surface area contributed by atoms with Crippen LogP contribution >= 0.6 is 0 Å². The molecule has 5 rings (SSSR count). The molecule has 3 aromatic rings. The Kier molecular flexibility index (Phi) is 7.67. The molecule has 1 amide bonds. The van der Waals surface area contributed by atoms with Crippen LogP contribution < -0.4 is 9.80 Å². The van der Waals surface area contributed by atoms with E-state index in [2.05, 4.69) is 26.9 Å². The van der Waals surface area contributed by atoms with Gasteiger partial charge in [-0.25, -0.2) is 13.8 Å². The zero-order chi connectivity index (χ0) is 27.4. The second kappa shape index (κ2) is 11.5. The Morgan fingerprint density at radius 1 is 0.821 bits per heavy atom. The summed E-state index contributed by atoms with van der Waals surface area (Å²) >= 11 is 0. The van der Waals surface area contributed by atoms with Gasteiger partial charge in [0, 0.05) is 76.7 Å². The highest BCUT2D eigenvalue weighted by Crippen LogP contribution is 2.24. The van der Waals surface area contributed by atoms with Gasteiger partial charge < -0.3 is 14.7 Å². The highest BCUT2D eigenvalue weighted by Gasteiger charge is 2.27. The SMILES string of the molecule is N#Cc1ccccc1N1CCN(Cc2cc(C(=O)N3CCN(c4ncccc4C#N)CC3)c(F)cc2F)CC1. The molecule has 39 heavy (non-hydrogen) atoms. The first kappa shape index (κ1) is 26.1. The largest absolute Gasteiger partial charge is 0.368 e. The molecule has 198 valence electrons. The van der Waals surface area contributed by atoms with Crippen molar-refractivity contribution in [3.05, 3.63) is 88.6 Å². The van der Waals surface area contributed by atoms with E-state index in [1.165, 1.54) is 6.07 Å². The minimum absolute atomic E-state index is 0.142. The third-order valence-electron chi connectivity index (χ3n) is 7.27. The van der Waals surface area contributed by atoms with Crippen molar-refractivity contribution in [1.82, 2.24) is 14.8 Å². The molecule has 2 aliphatic rings. The maximum atomic E-state index is 14.8. The number of carbonyl (C=O) groups excluding carboxylic acids is 1. The normalized spacial score (nSPS) is 16.1. The zero-order valence-electron chi connectivity index (χ0n) is 21.4. The Bertz CT molecular complexity index is 1450. The van der Waals surface area contributed by atoms with E-state index < -0.39 is 17.5 Å². The maximum Gasteiger partial charge on any atom is 0.256 e. The minimum Gasteiger partial charge on any atom is -0.368 e. The fourth-order valence-corrected chi connectivity index (χ4v) is 5.14. The molecule has 2 aromatic carbocycles. The summed E-state index contributed by atoms with van der Waals surface area (Å²) in [7, 11) is 0. The standard InChI is InChI=1S/C29H27F2N7O/c30-25-17-26(31)24(29(39)38-14-12-37(13-15-38)28-22(19-33)5-3-7-34-28)16-23(25)20-35-8-10-36(11-9-35)27-6-2-1-4-21(27)18-32/h1-7,16-17H,8-15,20H2. The van der Waals surface area contributed by atoms with Crippen LogP contribution in [0.25, 0.3) is 0 Å². The van der Waals surface area contributed by atoms with E-state index in [-0.39, 0.29) is 17.7 Å². The number of amides is 1. The summed E-state index contributed by atoms with van der Waals surface area (Å²) in [6.07, 6.45) is 1.62. The maximum absolute atomic E-state index is 14.8. The molecule has 10 heteroatoms. The summed E-state index contributed by atoms with van der Waals surface area (Å²) < 4.78 is 29.5. The van der Waals surface area contributed by atoms with E-state index in [0.717, 1.165) is 11.8 Å². The molecule has 0 aliphatic carbocycles. The molecule has 0 atom stereocenters. The van der Waals surface area contributed by atoms with Crippen molar-refractivity contribution in [2.24, 2.45) is 0 Å². The number of benzene rings is 2. The van der Waals surface area contributed by atoms with Crippen molar-refractivity contribution in [2.75, 3.05) is 62.2 Å². The van der Waals surface area contributed by atoms with Crippen molar-refractivity contribution in [3.8, 4) is 12.1 Å². The second-order valence-electron chi connectivity index (χ2n) is 9.58. The Morgan fingerprint density at radius 3 is 2.21 bits per heavy atom. The molecule has 0 saturated carbocycles. The lowest BCUT2D eigenvalue weighted by atomic mass is 10.1. The number of piperazine rings is 2. The molecule has 0 bridgehead atoms. The van der Waals surface area contributed by atoms with Crippen LogP contribution in [0.5, 0.6) is 0 Å². The monoisotopic (exact) mass is 527 g/mol. The predicted molar refractivity (Wildman–Crippen MR) is 142 cm³/mol. The van der Waals surface area contributed by atoms with E-state index in [1.807, 2.05) is 23.1 Å².